The second kappa shape index (κ2) is 5.74. The number of fused-ring (bicyclic) bond motifs is 1. The van der Waals surface area contributed by atoms with E-state index in [1.165, 1.54) is 24.3 Å². The molecule has 0 atom stereocenters. The van der Waals surface area contributed by atoms with Gasteiger partial charge in [0.15, 0.2) is 0 Å². The second-order valence-electron chi connectivity index (χ2n) is 4.30. The highest BCUT2D eigenvalue weighted by atomic mass is 32.2. The Balaban J connectivity index is 3.00. The van der Waals surface area contributed by atoms with Gasteiger partial charge in [-0.1, -0.05) is 12.1 Å². The summed E-state index contributed by atoms with van der Waals surface area (Å²) in [6.07, 6.45) is 0. The molecule has 0 bridgehead atoms. The molecule has 0 radical (unpaired) electrons. The maximum Gasteiger partial charge on any atom is 0.338 e. The van der Waals surface area contributed by atoms with E-state index in [-0.39, 0.29) is 21.9 Å². The summed E-state index contributed by atoms with van der Waals surface area (Å²) < 4.78 is 41.5. The molecule has 0 aliphatic heterocycles. The molecule has 0 fully saturated rings. The first-order valence-corrected chi connectivity index (χ1v) is 7.45. The van der Waals surface area contributed by atoms with Crippen molar-refractivity contribution < 1.29 is 32.0 Å². The van der Waals surface area contributed by atoms with Gasteiger partial charge in [-0.05, 0) is 18.2 Å². The fraction of sp³-hybridized carbons (Fsp3) is 0.143. The van der Waals surface area contributed by atoms with Crippen molar-refractivity contribution in [3.8, 4) is 0 Å². The van der Waals surface area contributed by atoms with E-state index >= 15 is 0 Å². The summed E-state index contributed by atoms with van der Waals surface area (Å²) in [6, 6.07) is 6.42. The second-order valence-corrected chi connectivity index (χ2v) is 5.69. The predicted molar refractivity (Wildman–Crippen MR) is 76.4 cm³/mol. The van der Waals surface area contributed by atoms with Crippen LogP contribution >= 0.6 is 0 Å². The zero-order valence-corrected chi connectivity index (χ0v) is 12.5. The number of esters is 2. The third-order valence-electron chi connectivity index (χ3n) is 3.09. The minimum Gasteiger partial charge on any atom is -0.465 e. The lowest BCUT2D eigenvalue weighted by molar-refractivity contribution is 0.0601. The van der Waals surface area contributed by atoms with Crippen molar-refractivity contribution in [2.24, 2.45) is 0 Å². The summed E-state index contributed by atoms with van der Waals surface area (Å²) in [4.78, 5) is 23.3. The van der Waals surface area contributed by atoms with Crippen LogP contribution in [0, 0.1) is 0 Å². The van der Waals surface area contributed by atoms with Crippen LogP contribution in [0.5, 0.6) is 0 Å². The first kappa shape index (κ1) is 15.9. The number of hydrogen-bond donors (Lipinski definition) is 1. The van der Waals surface area contributed by atoms with Crippen molar-refractivity contribution in [2.75, 3.05) is 14.2 Å². The van der Waals surface area contributed by atoms with Crippen LogP contribution in [-0.2, 0) is 19.6 Å². The topological polar surface area (TPSA) is 107 Å². The van der Waals surface area contributed by atoms with Gasteiger partial charge in [-0.3, -0.25) is 4.55 Å². The number of rotatable bonds is 3. The fourth-order valence-corrected chi connectivity index (χ4v) is 2.85. The Kier molecular flexibility index (Phi) is 4.16. The van der Waals surface area contributed by atoms with Crippen LogP contribution in [0.4, 0.5) is 0 Å². The van der Waals surface area contributed by atoms with E-state index in [0.717, 1.165) is 20.3 Å². The van der Waals surface area contributed by atoms with E-state index in [9.17, 15) is 22.6 Å². The summed E-state index contributed by atoms with van der Waals surface area (Å²) in [5.41, 5.74) is -0.0169. The molecule has 0 aliphatic carbocycles. The van der Waals surface area contributed by atoms with Crippen LogP contribution in [0.15, 0.2) is 35.2 Å². The van der Waals surface area contributed by atoms with E-state index in [1.807, 2.05) is 0 Å². The van der Waals surface area contributed by atoms with Crippen LogP contribution in [0.2, 0.25) is 0 Å². The normalized spacial score (nSPS) is 11.2. The summed E-state index contributed by atoms with van der Waals surface area (Å²) >= 11 is 0. The van der Waals surface area contributed by atoms with E-state index < -0.39 is 27.0 Å². The van der Waals surface area contributed by atoms with Crippen molar-refractivity contribution in [1.82, 2.24) is 0 Å². The Morgan fingerprint density at radius 1 is 0.955 bits per heavy atom. The fourth-order valence-electron chi connectivity index (χ4n) is 2.17. The molecule has 8 heteroatoms. The molecule has 0 unspecified atom stereocenters. The molecule has 1 N–H and O–H groups in total. The molecule has 2 aromatic carbocycles. The number of hydrogen-bond acceptors (Lipinski definition) is 6. The molecular formula is C14H12O7S. The van der Waals surface area contributed by atoms with Crippen molar-refractivity contribution >= 4 is 32.8 Å². The first-order chi connectivity index (χ1) is 10.3. The summed E-state index contributed by atoms with van der Waals surface area (Å²) in [5.74, 6) is -1.49. The SMILES string of the molecule is COC(=O)c1cccc2c(S(=O)(=O)O)ccc(C(=O)OC)c12. The molecule has 0 aliphatic rings. The van der Waals surface area contributed by atoms with E-state index in [1.54, 1.807) is 0 Å². The van der Waals surface area contributed by atoms with Crippen LogP contribution in [-0.4, -0.2) is 39.1 Å². The predicted octanol–water partition coefficient (Wildman–Crippen LogP) is 1.66. The number of carbonyl (C=O) groups excluding carboxylic acids is 2. The molecule has 2 aromatic rings. The van der Waals surface area contributed by atoms with Crippen LogP contribution < -0.4 is 0 Å². The zero-order valence-electron chi connectivity index (χ0n) is 11.7. The molecule has 116 valence electrons. The lowest BCUT2D eigenvalue weighted by Crippen LogP contribution is -2.10. The quantitative estimate of drug-likeness (QED) is 0.675. The number of carbonyl (C=O) groups is 2. The van der Waals surface area contributed by atoms with Gasteiger partial charge < -0.3 is 9.47 Å². The highest BCUT2D eigenvalue weighted by Crippen LogP contribution is 2.30. The van der Waals surface area contributed by atoms with Crippen molar-refractivity contribution in [3.63, 3.8) is 0 Å². The minimum atomic E-state index is -4.53. The maximum absolute atomic E-state index is 11.9. The summed E-state index contributed by atoms with van der Waals surface area (Å²) in [5, 5.41) is 0.0598. The number of methoxy groups -OCH3 is 2. The third kappa shape index (κ3) is 2.66. The van der Waals surface area contributed by atoms with Crippen molar-refractivity contribution in [1.29, 1.82) is 0 Å². The average Bonchev–Trinajstić information content (AvgIpc) is 2.50. The monoisotopic (exact) mass is 324 g/mol. The van der Waals surface area contributed by atoms with Gasteiger partial charge in [-0.2, -0.15) is 8.42 Å². The van der Waals surface area contributed by atoms with Gasteiger partial charge in [0.1, 0.15) is 4.90 Å². The molecule has 0 aromatic heterocycles. The highest BCUT2D eigenvalue weighted by Gasteiger charge is 2.23. The Hall–Kier alpha value is -2.45. The number of benzene rings is 2. The minimum absolute atomic E-state index is 0.00843. The van der Waals surface area contributed by atoms with E-state index in [2.05, 4.69) is 9.47 Å². The maximum atomic E-state index is 11.9. The Morgan fingerprint density at radius 2 is 1.50 bits per heavy atom. The smallest absolute Gasteiger partial charge is 0.338 e. The van der Waals surface area contributed by atoms with Gasteiger partial charge >= 0.3 is 11.9 Å². The van der Waals surface area contributed by atoms with Crippen molar-refractivity contribution in [2.45, 2.75) is 4.90 Å². The molecule has 0 amide bonds. The lowest BCUT2D eigenvalue weighted by Gasteiger charge is -2.11. The summed E-state index contributed by atoms with van der Waals surface area (Å²) in [7, 11) is -2.22. The molecule has 2 rings (SSSR count). The molecule has 0 heterocycles. The Labute approximate surface area is 126 Å². The van der Waals surface area contributed by atoms with Gasteiger partial charge in [-0.15, -0.1) is 0 Å². The average molecular weight is 324 g/mol. The molecule has 0 saturated carbocycles. The van der Waals surface area contributed by atoms with Crippen LogP contribution in [0.3, 0.4) is 0 Å². The third-order valence-corrected chi connectivity index (χ3v) is 4.00. The Morgan fingerprint density at radius 3 is 2.00 bits per heavy atom. The van der Waals surface area contributed by atoms with Gasteiger partial charge in [0, 0.05) is 10.8 Å². The summed E-state index contributed by atoms with van der Waals surface area (Å²) in [6.45, 7) is 0. The number of ether oxygens (including phenoxy) is 2. The Bertz CT molecular complexity index is 846. The molecule has 0 saturated heterocycles. The first-order valence-electron chi connectivity index (χ1n) is 6.01. The molecular weight excluding hydrogens is 312 g/mol. The lowest BCUT2D eigenvalue weighted by atomic mass is 9.99. The van der Waals surface area contributed by atoms with Gasteiger partial charge in [0.05, 0.1) is 25.3 Å². The van der Waals surface area contributed by atoms with Gasteiger partial charge in [0.25, 0.3) is 10.1 Å². The van der Waals surface area contributed by atoms with Crippen LogP contribution in [0.1, 0.15) is 20.7 Å². The van der Waals surface area contributed by atoms with Gasteiger partial charge in [0.2, 0.25) is 0 Å². The largest absolute Gasteiger partial charge is 0.465 e. The molecule has 0 spiro atoms. The van der Waals surface area contributed by atoms with Gasteiger partial charge in [-0.25, -0.2) is 9.59 Å². The molecule has 22 heavy (non-hydrogen) atoms. The van der Waals surface area contributed by atoms with E-state index in [0.29, 0.717) is 0 Å². The standard InChI is InChI=1S/C14H12O7S/c1-20-13(15)9-5-3-4-8-11(22(17,18)19)7-6-10(12(8)9)14(16)21-2/h3-7H,1-2H3,(H,17,18,19). The van der Waals surface area contributed by atoms with Crippen LogP contribution in [0.25, 0.3) is 10.8 Å². The molecule has 7 nitrogen and oxygen atoms in total. The van der Waals surface area contributed by atoms with E-state index in [4.69, 9.17) is 0 Å². The zero-order chi connectivity index (χ0) is 16.5. The van der Waals surface area contributed by atoms with Crippen molar-refractivity contribution in [3.05, 3.63) is 41.5 Å². The highest BCUT2D eigenvalue weighted by molar-refractivity contribution is 7.86.